The fourth-order valence-corrected chi connectivity index (χ4v) is 2.34. The summed E-state index contributed by atoms with van der Waals surface area (Å²) in [5, 5.41) is 5.48. The van der Waals surface area contributed by atoms with Crippen LogP contribution < -0.4 is 15.4 Å². The summed E-state index contributed by atoms with van der Waals surface area (Å²) in [7, 11) is 0. The number of halogens is 1. The number of carbonyl (C=O) groups is 2. The first kappa shape index (κ1) is 15.0. The molecule has 6 heteroatoms. The van der Waals surface area contributed by atoms with E-state index in [2.05, 4.69) is 10.6 Å². The second-order valence-electron chi connectivity index (χ2n) is 5.18. The van der Waals surface area contributed by atoms with Gasteiger partial charge in [-0.25, -0.2) is 4.39 Å². The quantitative estimate of drug-likeness (QED) is 0.908. The molecule has 2 N–H and O–H groups in total. The van der Waals surface area contributed by atoms with E-state index in [1.807, 2.05) is 12.1 Å². The largest absolute Gasteiger partial charge is 0.482 e. The highest BCUT2D eigenvalue weighted by Gasteiger charge is 2.15. The Morgan fingerprint density at radius 1 is 1.26 bits per heavy atom. The van der Waals surface area contributed by atoms with Crippen LogP contribution in [-0.4, -0.2) is 25.0 Å². The van der Waals surface area contributed by atoms with Gasteiger partial charge in [-0.3, -0.25) is 9.59 Å². The zero-order valence-electron chi connectivity index (χ0n) is 12.3. The Morgan fingerprint density at radius 2 is 2.13 bits per heavy atom. The van der Waals surface area contributed by atoms with Crippen molar-refractivity contribution in [2.24, 2.45) is 0 Å². The summed E-state index contributed by atoms with van der Waals surface area (Å²) in [5.41, 5.74) is 1.88. The SMILES string of the molecule is O=C1COc2ccc(CCNC(=O)c3cccc(F)c3)cc2N1. The highest BCUT2D eigenvalue weighted by Crippen LogP contribution is 2.28. The Morgan fingerprint density at radius 3 is 2.96 bits per heavy atom. The first-order valence-corrected chi connectivity index (χ1v) is 7.21. The number of ether oxygens (including phenoxy) is 1. The fourth-order valence-electron chi connectivity index (χ4n) is 2.34. The molecule has 0 aliphatic carbocycles. The number of nitrogens with one attached hydrogen (secondary N) is 2. The van der Waals surface area contributed by atoms with Gasteiger partial charge in [-0.1, -0.05) is 12.1 Å². The molecule has 1 aliphatic heterocycles. The predicted molar refractivity (Wildman–Crippen MR) is 83.0 cm³/mol. The van der Waals surface area contributed by atoms with Gasteiger partial charge in [-0.05, 0) is 42.3 Å². The molecular formula is C17H15FN2O3. The minimum atomic E-state index is -0.442. The topological polar surface area (TPSA) is 67.4 Å². The summed E-state index contributed by atoms with van der Waals surface area (Å²) in [6, 6.07) is 11.0. The van der Waals surface area contributed by atoms with Crippen molar-refractivity contribution in [2.45, 2.75) is 6.42 Å². The number of carbonyl (C=O) groups excluding carboxylic acids is 2. The second-order valence-corrected chi connectivity index (χ2v) is 5.18. The van der Waals surface area contributed by atoms with Crippen LogP contribution in [-0.2, 0) is 11.2 Å². The molecule has 5 nitrogen and oxygen atoms in total. The van der Waals surface area contributed by atoms with Crippen LogP contribution in [0.15, 0.2) is 42.5 Å². The predicted octanol–water partition coefficient (Wildman–Crippen LogP) is 2.13. The standard InChI is InChI=1S/C17H15FN2O3/c18-13-3-1-2-12(9-13)17(22)19-7-6-11-4-5-15-14(8-11)20-16(21)10-23-15/h1-5,8-9H,6-7,10H2,(H,19,22)(H,20,21). The lowest BCUT2D eigenvalue weighted by atomic mass is 10.1. The molecule has 0 fully saturated rings. The maximum absolute atomic E-state index is 13.1. The van der Waals surface area contributed by atoms with Crippen LogP contribution in [0, 0.1) is 5.82 Å². The van der Waals surface area contributed by atoms with Crippen LogP contribution in [0.25, 0.3) is 0 Å². The fraction of sp³-hybridized carbons (Fsp3) is 0.176. The third kappa shape index (κ3) is 3.66. The molecule has 1 aliphatic rings. The molecule has 0 bridgehead atoms. The highest BCUT2D eigenvalue weighted by molar-refractivity contribution is 5.95. The summed E-state index contributed by atoms with van der Waals surface area (Å²) in [5.74, 6) is -0.312. The summed E-state index contributed by atoms with van der Waals surface area (Å²) < 4.78 is 18.4. The lowest BCUT2D eigenvalue weighted by Gasteiger charge is -2.18. The summed E-state index contributed by atoms with van der Waals surface area (Å²) in [6.07, 6.45) is 0.588. The zero-order chi connectivity index (χ0) is 16.2. The Balaban J connectivity index is 1.57. The molecule has 1 heterocycles. The van der Waals surface area contributed by atoms with Crippen LogP contribution in [0.3, 0.4) is 0 Å². The van der Waals surface area contributed by atoms with Gasteiger partial charge in [0.05, 0.1) is 5.69 Å². The Hall–Kier alpha value is -2.89. The number of rotatable bonds is 4. The molecule has 0 atom stereocenters. The third-order valence-electron chi connectivity index (χ3n) is 3.46. The van der Waals surface area contributed by atoms with Crippen molar-refractivity contribution in [3.8, 4) is 5.75 Å². The van der Waals surface area contributed by atoms with Gasteiger partial charge in [0.15, 0.2) is 6.61 Å². The lowest BCUT2D eigenvalue weighted by molar-refractivity contribution is -0.118. The molecule has 0 radical (unpaired) electrons. The number of anilines is 1. The minimum absolute atomic E-state index is 0.0238. The van der Waals surface area contributed by atoms with E-state index in [1.54, 1.807) is 12.1 Å². The first-order valence-electron chi connectivity index (χ1n) is 7.21. The molecule has 0 spiro atoms. The van der Waals surface area contributed by atoms with E-state index < -0.39 is 5.82 Å². The van der Waals surface area contributed by atoms with Gasteiger partial charge in [0.25, 0.3) is 11.8 Å². The van der Waals surface area contributed by atoms with Crippen molar-refractivity contribution in [2.75, 3.05) is 18.5 Å². The third-order valence-corrected chi connectivity index (χ3v) is 3.46. The maximum atomic E-state index is 13.1. The summed E-state index contributed by atoms with van der Waals surface area (Å²) in [4.78, 5) is 23.2. The van der Waals surface area contributed by atoms with Crippen molar-refractivity contribution < 1.29 is 18.7 Å². The van der Waals surface area contributed by atoms with E-state index in [0.29, 0.717) is 24.4 Å². The van der Waals surface area contributed by atoms with E-state index in [1.165, 1.54) is 18.2 Å². The van der Waals surface area contributed by atoms with E-state index >= 15 is 0 Å². The van der Waals surface area contributed by atoms with Crippen LogP contribution in [0.1, 0.15) is 15.9 Å². The maximum Gasteiger partial charge on any atom is 0.262 e. The Kier molecular flexibility index (Phi) is 4.23. The molecule has 118 valence electrons. The molecule has 3 rings (SSSR count). The number of hydrogen-bond donors (Lipinski definition) is 2. The number of hydrogen-bond acceptors (Lipinski definition) is 3. The van der Waals surface area contributed by atoms with Gasteiger partial charge >= 0.3 is 0 Å². The molecule has 0 saturated heterocycles. The number of benzene rings is 2. The molecule has 2 aromatic rings. The average Bonchev–Trinajstić information content (AvgIpc) is 2.54. The molecule has 0 unspecified atom stereocenters. The van der Waals surface area contributed by atoms with Gasteiger partial charge in [0.1, 0.15) is 11.6 Å². The minimum Gasteiger partial charge on any atom is -0.482 e. The zero-order valence-corrected chi connectivity index (χ0v) is 12.3. The highest BCUT2D eigenvalue weighted by atomic mass is 19.1. The molecular weight excluding hydrogens is 299 g/mol. The summed E-state index contributed by atoms with van der Waals surface area (Å²) in [6.45, 7) is 0.430. The van der Waals surface area contributed by atoms with Crippen LogP contribution in [0.2, 0.25) is 0 Å². The van der Waals surface area contributed by atoms with E-state index in [0.717, 1.165) is 5.56 Å². The van der Waals surface area contributed by atoms with Gasteiger partial charge in [0.2, 0.25) is 0 Å². The van der Waals surface area contributed by atoms with Gasteiger partial charge in [-0.2, -0.15) is 0 Å². The molecule has 0 saturated carbocycles. The van der Waals surface area contributed by atoms with Crippen LogP contribution in [0.5, 0.6) is 5.75 Å². The van der Waals surface area contributed by atoms with Crippen LogP contribution >= 0.6 is 0 Å². The monoisotopic (exact) mass is 314 g/mol. The van der Waals surface area contributed by atoms with E-state index in [4.69, 9.17) is 4.74 Å². The van der Waals surface area contributed by atoms with Crippen molar-refractivity contribution in [1.82, 2.24) is 5.32 Å². The van der Waals surface area contributed by atoms with Crippen molar-refractivity contribution in [3.63, 3.8) is 0 Å². The van der Waals surface area contributed by atoms with E-state index in [-0.39, 0.29) is 24.0 Å². The van der Waals surface area contributed by atoms with E-state index in [9.17, 15) is 14.0 Å². The van der Waals surface area contributed by atoms with Crippen LogP contribution in [0.4, 0.5) is 10.1 Å². The first-order chi connectivity index (χ1) is 11.1. The number of fused-ring (bicyclic) bond motifs is 1. The Labute approximate surface area is 132 Å². The number of amides is 2. The van der Waals surface area contributed by atoms with Crippen molar-refractivity contribution >= 4 is 17.5 Å². The lowest BCUT2D eigenvalue weighted by Crippen LogP contribution is -2.26. The average molecular weight is 314 g/mol. The molecule has 2 amide bonds. The molecule has 2 aromatic carbocycles. The smallest absolute Gasteiger partial charge is 0.262 e. The van der Waals surface area contributed by atoms with Gasteiger partial charge < -0.3 is 15.4 Å². The van der Waals surface area contributed by atoms with Crippen molar-refractivity contribution in [3.05, 3.63) is 59.4 Å². The van der Waals surface area contributed by atoms with Crippen molar-refractivity contribution in [1.29, 1.82) is 0 Å². The molecule has 23 heavy (non-hydrogen) atoms. The normalized spacial score (nSPS) is 12.8. The van der Waals surface area contributed by atoms with Gasteiger partial charge in [0, 0.05) is 12.1 Å². The summed E-state index contributed by atoms with van der Waals surface area (Å²) >= 11 is 0. The Bertz CT molecular complexity index is 761. The second kappa shape index (κ2) is 6.48. The molecule has 0 aromatic heterocycles. The van der Waals surface area contributed by atoms with Gasteiger partial charge in [-0.15, -0.1) is 0 Å².